The van der Waals surface area contributed by atoms with E-state index in [1.807, 2.05) is 0 Å². The smallest absolute Gasteiger partial charge is 0.303 e. The van der Waals surface area contributed by atoms with Crippen LogP contribution in [0, 0.1) is 5.95 Å². The van der Waals surface area contributed by atoms with Crippen LogP contribution in [0.1, 0.15) is 24.3 Å². The summed E-state index contributed by atoms with van der Waals surface area (Å²) in [5.74, 6) is -3.58. The van der Waals surface area contributed by atoms with Crippen molar-refractivity contribution in [1.29, 1.82) is 0 Å². The Labute approximate surface area is 90.6 Å². The van der Waals surface area contributed by atoms with E-state index in [0.717, 1.165) is 12.3 Å². The van der Waals surface area contributed by atoms with Crippen LogP contribution in [0.25, 0.3) is 0 Å². The first-order chi connectivity index (χ1) is 7.49. The number of carbonyl (C=O) groups is 2. The number of nitrogens with zero attached hydrogens (tertiary/aromatic N) is 1. The van der Waals surface area contributed by atoms with E-state index in [2.05, 4.69) is 4.98 Å². The summed E-state index contributed by atoms with van der Waals surface area (Å²) in [6, 6.07) is 2.42. The highest BCUT2D eigenvalue weighted by Gasteiger charge is 2.19. The maximum atomic E-state index is 12.5. The molecule has 0 aliphatic rings. The van der Waals surface area contributed by atoms with Gasteiger partial charge >= 0.3 is 11.9 Å². The van der Waals surface area contributed by atoms with E-state index in [9.17, 15) is 14.0 Å². The van der Waals surface area contributed by atoms with Crippen LogP contribution in [0.2, 0.25) is 0 Å². The van der Waals surface area contributed by atoms with Gasteiger partial charge < -0.3 is 10.2 Å². The summed E-state index contributed by atoms with van der Waals surface area (Å²) in [6.45, 7) is 0. The minimum atomic E-state index is -1.10. The molecule has 1 aromatic rings. The first-order valence-electron chi connectivity index (χ1n) is 4.54. The number of carboxylic acid groups (broad SMARTS) is 2. The fraction of sp³-hybridized carbons (Fsp3) is 0.300. The van der Waals surface area contributed by atoms with Crippen LogP contribution < -0.4 is 0 Å². The third kappa shape index (κ3) is 3.64. The molecule has 6 heteroatoms. The Bertz CT molecular complexity index is 374. The number of aliphatic carboxylic acids is 2. The zero-order valence-corrected chi connectivity index (χ0v) is 8.26. The molecule has 0 aromatic carbocycles. The third-order valence-electron chi connectivity index (χ3n) is 2.06. The lowest BCUT2D eigenvalue weighted by Gasteiger charge is -2.11. The Morgan fingerprint density at radius 1 is 1.25 bits per heavy atom. The van der Waals surface area contributed by atoms with Gasteiger partial charge in [-0.3, -0.25) is 9.59 Å². The summed E-state index contributed by atoms with van der Waals surface area (Å²) in [4.78, 5) is 24.5. The maximum Gasteiger partial charge on any atom is 0.303 e. The van der Waals surface area contributed by atoms with Crippen molar-refractivity contribution in [1.82, 2.24) is 4.98 Å². The van der Waals surface area contributed by atoms with E-state index >= 15 is 0 Å². The van der Waals surface area contributed by atoms with E-state index in [0.29, 0.717) is 5.56 Å². The molecule has 0 radical (unpaired) electrons. The highest BCUT2D eigenvalue weighted by molar-refractivity contribution is 5.72. The lowest BCUT2D eigenvalue weighted by atomic mass is 9.94. The van der Waals surface area contributed by atoms with Gasteiger partial charge in [-0.1, -0.05) is 6.07 Å². The minimum absolute atomic E-state index is 0.320. The second-order valence-electron chi connectivity index (χ2n) is 3.31. The molecule has 1 rings (SSSR count). The molecule has 2 N–H and O–H groups in total. The molecular weight excluding hydrogens is 217 g/mol. The molecule has 0 spiro atoms. The van der Waals surface area contributed by atoms with Gasteiger partial charge in [-0.2, -0.15) is 4.39 Å². The third-order valence-corrected chi connectivity index (χ3v) is 2.06. The number of pyridine rings is 1. The molecule has 0 aliphatic carbocycles. The summed E-state index contributed by atoms with van der Waals surface area (Å²) in [6.07, 6.45) is 0.519. The number of hydrogen-bond donors (Lipinski definition) is 2. The van der Waals surface area contributed by atoms with Crippen LogP contribution in [0.4, 0.5) is 4.39 Å². The average Bonchev–Trinajstić information content (AvgIpc) is 2.16. The molecule has 5 nitrogen and oxygen atoms in total. The van der Waals surface area contributed by atoms with Gasteiger partial charge in [0.05, 0.1) is 12.8 Å². The van der Waals surface area contributed by atoms with Gasteiger partial charge in [0, 0.05) is 12.1 Å². The average molecular weight is 227 g/mol. The van der Waals surface area contributed by atoms with E-state index in [1.165, 1.54) is 6.07 Å². The monoisotopic (exact) mass is 227 g/mol. The van der Waals surface area contributed by atoms with Crippen molar-refractivity contribution in [3.8, 4) is 0 Å². The molecule has 16 heavy (non-hydrogen) atoms. The van der Waals surface area contributed by atoms with Crippen molar-refractivity contribution < 1.29 is 24.2 Å². The van der Waals surface area contributed by atoms with E-state index in [4.69, 9.17) is 10.2 Å². The normalized spacial score (nSPS) is 10.4. The van der Waals surface area contributed by atoms with Gasteiger partial charge in [0.2, 0.25) is 5.95 Å². The zero-order valence-electron chi connectivity index (χ0n) is 8.26. The summed E-state index contributed by atoms with van der Waals surface area (Å²) in [7, 11) is 0. The standard InChI is InChI=1S/C10H10FNO4/c11-8-2-1-6(5-12-8)7(3-9(13)14)4-10(15)16/h1-2,5,7H,3-4H2,(H,13,14)(H,15,16). The van der Waals surface area contributed by atoms with Crippen LogP contribution in [0.5, 0.6) is 0 Å². The van der Waals surface area contributed by atoms with Crippen LogP contribution in [-0.4, -0.2) is 27.1 Å². The van der Waals surface area contributed by atoms with E-state index < -0.39 is 23.8 Å². The summed E-state index contributed by atoms with van der Waals surface area (Å²) >= 11 is 0. The van der Waals surface area contributed by atoms with E-state index in [1.54, 1.807) is 0 Å². The molecule has 0 aliphatic heterocycles. The van der Waals surface area contributed by atoms with Crippen molar-refractivity contribution in [2.75, 3.05) is 0 Å². The highest BCUT2D eigenvalue weighted by Crippen LogP contribution is 2.22. The molecule has 1 aromatic heterocycles. The highest BCUT2D eigenvalue weighted by atomic mass is 19.1. The van der Waals surface area contributed by atoms with Gasteiger partial charge in [0.25, 0.3) is 0 Å². The lowest BCUT2D eigenvalue weighted by molar-refractivity contribution is -0.139. The minimum Gasteiger partial charge on any atom is -0.481 e. The second-order valence-corrected chi connectivity index (χ2v) is 3.31. The second kappa shape index (κ2) is 5.20. The van der Waals surface area contributed by atoms with Crippen molar-refractivity contribution >= 4 is 11.9 Å². The Morgan fingerprint density at radius 2 is 1.81 bits per heavy atom. The first-order valence-corrected chi connectivity index (χ1v) is 4.54. The van der Waals surface area contributed by atoms with Gasteiger partial charge in [0.15, 0.2) is 0 Å². The van der Waals surface area contributed by atoms with Crippen molar-refractivity contribution in [2.45, 2.75) is 18.8 Å². The number of carboxylic acids is 2. The summed E-state index contributed by atoms with van der Waals surface area (Å²) in [5.41, 5.74) is 0.409. The Morgan fingerprint density at radius 3 is 2.19 bits per heavy atom. The predicted octanol–water partition coefficient (Wildman–Crippen LogP) is 1.25. The van der Waals surface area contributed by atoms with Gasteiger partial charge in [0.1, 0.15) is 0 Å². The Kier molecular flexibility index (Phi) is 3.93. The molecule has 0 atom stereocenters. The molecular formula is C10H10FNO4. The first kappa shape index (κ1) is 12.1. The van der Waals surface area contributed by atoms with Gasteiger partial charge in [-0.15, -0.1) is 0 Å². The molecule has 86 valence electrons. The fourth-order valence-corrected chi connectivity index (χ4v) is 1.36. The zero-order chi connectivity index (χ0) is 12.1. The Hall–Kier alpha value is -1.98. The SMILES string of the molecule is O=C(O)CC(CC(=O)O)c1ccc(F)nc1. The number of rotatable bonds is 5. The van der Waals surface area contributed by atoms with Crippen LogP contribution in [-0.2, 0) is 9.59 Å². The van der Waals surface area contributed by atoms with Crippen molar-refractivity contribution in [3.05, 3.63) is 29.8 Å². The molecule has 0 fully saturated rings. The molecule has 0 amide bonds. The molecule has 0 bridgehead atoms. The fourth-order valence-electron chi connectivity index (χ4n) is 1.36. The Balaban J connectivity index is 2.86. The molecule has 1 heterocycles. The lowest BCUT2D eigenvalue weighted by Crippen LogP contribution is -2.11. The topological polar surface area (TPSA) is 87.5 Å². The largest absolute Gasteiger partial charge is 0.481 e. The van der Waals surface area contributed by atoms with Crippen LogP contribution in [0.3, 0.4) is 0 Å². The van der Waals surface area contributed by atoms with Gasteiger partial charge in [-0.25, -0.2) is 4.98 Å². The molecule has 0 saturated heterocycles. The number of halogens is 1. The van der Waals surface area contributed by atoms with Gasteiger partial charge in [-0.05, 0) is 11.6 Å². The quantitative estimate of drug-likeness (QED) is 0.739. The molecule has 0 unspecified atom stereocenters. The summed E-state index contributed by atoms with van der Waals surface area (Å²) < 4.78 is 12.5. The van der Waals surface area contributed by atoms with Crippen molar-refractivity contribution in [2.24, 2.45) is 0 Å². The number of hydrogen-bond acceptors (Lipinski definition) is 3. The summed E-state index contributed by atoms with van der Waals surface area (Å²) in [5, 5.41) is 17.3. The van der Waals surface area contributed by atoms with E-state index in [-0.39, 0.29) is 12.8 Å². The number of aromatic nitrogens is 1. The van der Waals surface area contributed by atoms with Crippen LogP contribution in [0.15, 0.2) is 18.3 Å². The molecule has 0 saturated carbocycles. The predicted molar refractivity (Wildman–Crippen MR) is 51.4 cm³/mol. The van der Waals surface area contributed by atoms with Crippen molar-refractivity contribution in [3.63, 3.8) is 0 Å². The maximum absolute atomic E-state index is 12.5. The van der Waals surface area contributed by atoms with Crippen LogP contribution >= 0.6 is 0 Å².